The average molecular weight is 549 g/mol. The number of nitrogens with one attached hydrogen (secondary N) is 1. The number of Topliss-reactive ketones (excluding diaryl/α,β-unsaturated/α-hetero) is 1. The van der Waals surface area contributed by atoms with Crippen molar-refractivity contribution in [3.63, 3.8) is 0 Å². The summed E-state index contributed by atoms with van der Waals surface area (Å²) < 4.78 is 5.56. The van der Waals surface area contributed by atoms with Crippen LogP contribution < -0.4 is 5.32 Å². The van der Waals surface area contributed by atoms with Gasteiger partial charge in [0.1, 0.15) is 6.07 Å². The highest BCUT2D eigenvalue weighted by Crippen LogP contribution is 2.73. The Balaban J connectivity index is 1.64. The van der Waals surface area contributed by atoms with Gasteiger partial charge in [-0.05, 0) is 93.0 Å². The van der Waals surface area contributed by atoms with E-state index in [1.807, 2.05) is 39.8 Å². The number of ether oxygens (including phenoxy) is 1. The Kier molecular flexibility index (Phi) is 6.39. The van der Waals surface area contributed by atoms with Gasteiger partial charge in [-0.15, -0.1) is 0 Å². The molecule has 218 valence electrons. The maximum absolute atomic E-state index is 14.5. The molecule has 0 aromatic rings. The Morgan fingerprint density at radius 3 is 2.30 bits per heavy atom. The van der Waals surface area contributed by atoms with Gasteiger partial charge in [0.05, 0.1) is 11.7 Å². The maximum Gasteiger partial charge on any atom is 0.407 e. The van der Waals surface area contributed by atoms with Crippen molar-refractivity contribution in [1.29, 1.82) is 5.26 Å². The lowest BCUT2D eigenvalue weighted by Crippen LogP contribution is -2.69. The monoisotopic (exact) mass is 548 g/mol. The Morgan fingerprint density at radius 2 is 1.68 bits per heavy atom. The number of hydrogen-bond donors (Lipinski definition) is 1. The summed E-state index contributed by atoms with van der Waals surface area (Å²) in [5, 5.41) is 13.2. The molecule has 0 radical (unpaired) electrons. The Bertz CT molecular complexity index is 1270. The van der Waals surface area contributed by atoms with Crippen LogP contribution in [0.2, 0.25) is 0 Å². The van der Waals surface area contributed by atoms with Gasteiger partial charge in [-0.25, -0.2) is 4.79 Å². The average Bonchev–Trinajstić information content (AvgIpc) is 2.83. The second-order valence-corrected chi connectivity index (χ2v) is 16.0. The molecule has 1 amide bonds. The lowest BCUT2D eigenvalue weighted by molar-refractivity contribution is -0.161. The number of nitriles is 1. The number of nitrogens with zero attached hydrogens (tertiary/aromatic N) is 1. The molecule has 0 spiro atoms. The van der Waals surface area contributed by atoms with Gasteiger partial charge in [-0.1, -0.05) is 60.1 Å². The number of carbonyl (C=O) groups excluding carboxylic acids is 3. The van der Waals surface area contributed by atoms with E-state index in [9.17, 15) is 19.6 Å². The summed E-state index contributed by atoms with van der Waals surface area (Å²) >= 11 is 0. The molecule has 3 saturated carbocycles. The molecular formula is C34H48N2O4. The number of allylic oxidation sites excluding steroid dienone is 4. The van der Waals surface area contributed by atoms with Crippen molar-refractivity contribution in [2.24, 2.45) is 44.8 Å². The topological polar surface area (TPSA) is 96.3 Å². The van der Waals surface area contributed by atoms with Crippen LogP contribution in [0, 0.1) is 56.2 Å². The van der Waals surface area contributed by atoms with Crippen molar-refractivity contribution >= 4 is 17.7 Å². The fourth-order valence-corrected chi connectivity index (χ4v) is 10.3. The third-order valence-electron chi connectivity index (χ3n) is 12.6. The van der Waals surface area contributed by atoms with E-state index in [-0.39, 0.29) is 63.3 Å². The van der Waals surface area contributed by atoms with Crippen LogP contribution in [0.4, 0.5) is 4.79 Å². The summed E-state index contributed by atoms with van der Waals surface area (Å²) in [6.45, 7) is 19.0. The van der Waals surface area contributed by atoms with Crippen molar-refractivity contribution < 1.29 is 19.1 Å². The van der Waals surface area contributed by atoms with Crippen LogP contribution in [0.1, 0.15) is 107 Å². The third-order valence-corrected chi connectivity index (χ3v) is 12.6. The van der Waals surface area contributed by atoms with E-state index in [4.69, 9.17) is 4.74 Å². The molecule has 0 bridgehead atoms. The lowest BCUT2D eigenvalue weighted by atomic mass is 9.35. The van der Waals surface area contributed by atoms with E-state index >= 15 is 0 Å². The minimum atomic E-state index is -0.673. The Hall–Kier alpha value is -2.42. The third kappa shape index (κ3) is 3.82. The molecule has 5 rings (SSSR count). The van der Waals surface area contributed by atoms with Crippen LogP contribution in [0.3, 0.4) is 0 Å². The van der Waals surface area contributed by atoms with Crippen LogP contribution in [-0.2, 0) is 14.3 Å². The first-order chi connectivity index (χ1) is 18.4. The van der Waals surface area contributed by atoms with Crippen molar-refractivity contribution in [2.75, 3.05) is 0 Å². The highest BCUT2D eigenvalue weighted by Gasteiger charge is 2.70. The van der Waals surface area contributed by atoms with Crippen LogP contribution in [0.15, 0.2) is 23.3 Å². The minimum absolute atomic E-state index is 0.0111. The quantitative estimate of drug-likeness (QED) is 0.397. The first-order valence-electron chi connectivity index (χ1n) is 15.3. The summed E-state index contributed by atoms with van der Waals surface area (Å²) in [6.07, 6.45) is 9.34. The molecule has 7 atom stereocenters. The molecule has 0 saturated heterocycles. The zero-order valence-electron chi connectivity index (χ0n) is 26.0. The fraction of sp³-hybridized carbons (Fsp3) is 0.765. The summed E-state index contributed by atoms with van der Waals surface area (Å²) in [4.78, 5) is 40.8. The van der Waals surface area contributed by atoms with E-state index in [0.717, 1.165) is 50.5 Å². The molecule has 6 nitrogen and oxygen atoms in total. The van der Waals surface area contributed by atoms with Crippen LogP contribution >= 0.6 is 0 Å². The summed E-state index contributed by atoms with van der Waals surface area (Å²) in [6, 6.07) is 2.18. The lowest BCUT2D eigenvalue weighted by Gasteiger charge is -2.69. The summed E-state index contributed by atoms with van der Waals surface area (Å²) in [5.74, 6) is -0.118. The Morgan fingerprint density at radius 1 is 1.02 bits per heavy atom. The summed E-state index contributed by atoms with van der Waals surface area (Å²) in [5.41, 5.74) is -0.857. The number of fused-ring (bicyclic) bond motifs is 7. The van der Waals surface area contributed by atoms with E-state index in [2.05, 4.69) is 46.0 Å². The molecule has 2 unspecified atom stereocenters. The number of alkyl carbamates (subject to hydrolysis) is 1. The van der Waals surface area contributed by atoms with Gasteiger partial charge < -0.3 is 10.1 Å². The standard InChI is InChI=1S/C34H48N2O4/c1-20(2)40-28(39)36-34-14-12-29(3,4)18-22(34)26-23(37)16-25-31(7)17-21(19-35)27(38)30(5,6)24(31)10-11-32(25,8)33(26,9)13-15-34/h16-17,20,22,24,26H,10-15,18H2,1-9H3,(H,36,39)/t22?,24-,26?,31-,32+,33+,34-/m0/s1. The molecule has 0 aromatic heterocycles. The van der Waals surface area contributed by atoms with Gasteiger partial charge in [-0.2, -0.15) is 5.26 Å². The predicted octanol–water partition coefficient (Wildman–Crippen LogP) is 7.09. The zero-order chi connectivity index (χ0) is 29.7. The number of ketones is 2. The van der Waals surface area contributed by atoms with Crippen LogP contribution in [-0.4, -0.2) is 29.3 Å². The van der Waals surface area contributed by atoms with Crippen molar-refractivity contribution in [3.8, 4) is 6.07 Å². The molecule has 5 aliphatic carbocycles. The number of hydrogen-bond acceptors (Lipinski definition) is 5. The van der Waals surface area contributed by atoms with E-state index in [0.29, 0.717) is 0 Å². The molecule has 1 N–H and O–H groups in total. The second kappa shape index (κ2) is 8.79. The zero-order valence-corrected chi connectivity index (χ0v) is 26.0. The van der Waals surface area contributed by atoms with E-state index < -0.39 is 16.4 Å². The largest absolute Gasteiger partial charge is 0.447 e. The molecular weight excluding hydrogens is 500 g/mol. The van der Waals surface area contributed by atoms with Gasteiger partial charge in [-0.3, -0.25) is 9.59 Å². The molecule has 0 aromatic carbocycles. The second-order valence-electron chi connectivity index (χ2n) is 16.0. The first kappa shape index (κ1) is 29.1. The molecule has 3 fully saturated rings. The smallest absolute Gasteiger partial charge is 0.407 e. The SMILES string of the molecule is CC(C)OC(=O)N[C@]12CCC(C)(C)CC1C1C(=O)C=C3[C@@]4(C)C=C(C#N)C(=O)C(C)(C)[C@@H]4CC[C@@]3(C)[C@]1(C)CC2. The fourth-order valence-electron chi connectivity index (χ4n) is 10.3. The van der Waals surface area contributed by atoms with Gasteiger partial charge in [0.25, 0.3) is 0 Å². The minimum Gasteiger partial charge on any atom is -0.447 e. The molecule has 0 aliphatic heterocycles. The summed E-state index contributed by atoms with van der Waals surface area (Å²) in [7, 11) is 0. The van der Waals surface area contributed by atoms with Gasteiger partial charge in [0, 0.05) is 22.3 Å². The highest BCUT2D eigenvalue weighted by molar-refractivity contribution is 6.04. The first-order valence-corrected chi connectivity index (χ1v) is 15.3. The Labute approximate surface area is 240 Å². The van der Waals surface area contributed by atoms with E-state index in [1.165, 1.54) is 0 Å². The maximum atomic E-state index is 14.5. The van der Waals surface area contributed by atoms with Gasteiger partial charge >= 0.3 is 6.09 Å². The predicted molar refractivity (Wildman–Crippen MR) is 154 cm³/mol. The number of rotatable bonds is 2. The molecule has 5 aliphatic rings. The van der Waals surface area contributed by atoms with Crippen molar-refractivity contribution in [1.82, 2.24) is 5.32 Å². The normalized spacial score (nSPS) is 43.2. The molecule has 6 heteroatoms. The molecule has 0 heterocycles. The van der Waals surface area contributed by atoms with Crippen molar-refractivity contribution in [3.05, 3.63) is 23.3 Å². The van der Waals surface area contributed by atoms with Crippen LogP contribution in [0.25, 0.3) is 0 Å². The van der Waals surface area contributed by atoms with Gasteiger partial charge in [0.15, 0.2) is 11.6 Å². The van der Waals surface area contributed by atoms with Crippen molar-refractivity contribution in [2.45, 2.75) is 119 Å². The molecule has 40 heavy (non-hydrogen) atoms. The van der Waals surface area contributed by atoms with Crippen LogP contribution in [0.5, 0.6) is 0 Å². The number of carbonyl (C=O) groups is 3. The van der Waals surface area contributed by atoms with E-state index in [1.54, 1.807) is 0 Å². The van der Waals surface area contributed by atoms with Gasteiger partial charge in [0.2, 0.25) is 0 Å². The number of amides is 1. The highest BCUT2D eigenvalue weighted by atomic mass is 16.6.